The van der Waals surface area contributed by atoms with Crippen LogP contribution in [0.4, 0.5) is 19.3 Å². The van der Waals surface area contributed by atoms with Crippen LogP contribution in [0.2, 0.25) is 0 Å². The van der Waals surface area contributed by atoms with Crippen LogP contribution in [0.3, 0.4) is 0 Å². The maximum Gasteiger partial charge on any atom is 0.336 e. The molecule has 1 aromatic heterocycles. The third-order valence-electron chi connectivity index (χ3n) is 4.26. The molecule has 2 N–H and O–H groups in total. The van der Waals surface area contributed by atoms with Crippen molar-refractivity contribution >= 4 is 27.6 Å². The molecule has 0 saturated heterocycles. The van der Waals surface area contributed by atoms with Gasteiger partial charge in [-0.3, -0.25) is 9.78 Å². The molecule has 1 aromatic carbocycles. The Labute approximate surface area is 174 Å². The molecule has 3 rings (SSSR count). The summed E-state index contributed by atoms with van der Waals surface area (Å²) in [5.74, 6) is -3.12. The molecular weight excluding hydrogens is 434 g/mol. The van der Waals surface area contributed by atoms with Gasteiger partial charge in [0.2, 0.25) is 5.91 Å². The molecule has 0 bridgehead atoms. The smallest absolute Gasteiger partial charge is 0.336 e. The Morgan fingerprint density at radius 2 is 1.87 bits per heavy atom. The van der Waals surface area contributed by atoms with E-state index in [1.807, 2.05) is 0 Å². The van der Waals surface area contributed by atoms with E-state index < -0.39 is 56.8 Å². The van der Waals surface area contributed by atoms with Gasteiger partial charge < -0.3 is 10.6 Å². The van der Waals surface area contributed by atoms with Crippen LogP contribution >= 0.6 is 0 Å². The zero-order valence-electron chi connectivity index (χ0n) is 15.7. The number of carbonyl (C=O) groups is 2. The summed E-state index contributed by atoms with van der Waals surface area (Å²) in [5.41, 5.74) is -0.867. The molecule has 0 saturated carbocycles. The number of rotatable bonds is 4. The van der Waals surface area contributed by atoms with Gasteiger partial charge in [0, 0.05) is 6.20 Å². The van der Waals surface area contributed by atoms with Crippen LogP contribution in [0.1, 0.15) is 29.8 Å². The number of nitriles is 2. The van der Waals surface area contributed by atoms with E-state index in [1.54, 1.807) is 12.1 Å². The highest BCUT2D eigenvalue weighted by Gasteiger charge is 2.40. The minimum atomic E-state index is -4.75. The molecule has 31 heavy (non-hydrogen) atoms. The average molecular weight is 446 g/mol. The van der Waals surface area contributed by atoms with Crippen molar-refractivity contribution in [3.05, 3.63) is 52.9 Å². The maximum atomic E-state index is 14.3. The first-order chi connectivity index (χ1) is 14.6. The fourth-order valence-electron chi connectivity index (χ4n) is 2.88. The Kier molecular flexibility index (Phi) is 5.55. The molecule has 0 aliphatic carbocycles. The third kappa shape index (κ3) is 3.99. The van der Waals surface area contributed by atoms with Gasteiger partial charge >= 0.3 is 6.03 Å². The zero-order valence-corrected chi connectivity index (χ0v) is 16.5. The van der Waals surface area contributed by atoms with E-state index in [9.17, 15) is 26.8 Å². The van der Waals surface area contributed by atoms with Gasteiger partial charge in [0.05, 0.1) is 34.6 Å². The van der Waals surface area contributed by atoms with E-state index in [1.165, 1.54) is 6.92 Å². The number of carbonyl (C=O) groups excluding carboxylic acids is 2. The van der Waals surface area contributed by atoms with Gasteiger partial charge in [0.1, 0.15) is 29.1 Å². The lowest BCUT2D eigenvalue weighted by atomic mass is 10.1. The van der Waals surface area contributed by atoms with Gasteiger partial charge in [0.15, 0.2) is 0 Å². The predicted octanol–water partition coefficient (Wildman–Crippen LogP) is 1.52. The molecule has 1 aliphatic heterocycles. The summed E-state index contributed by atoms with van der Waals surface area (Å²) < 4.78 is 53.9. The predicted molar refractivity (Wildman–Crippen MR) is 99.5 cm³/mol. The number of nitrogens with zero attached hydrogens (tertiary/aromatic N) is 4. The van der Waals surface area contributed by atoms with Gasteiger partial charge in [-0.25, -0.2) is 26.3 Å². The Balaban J connectivity index is 1.83. The van der Waals surface area contributed by atoms with Crippen molar-refractivity contribution in [2.45, 2.75) is 17.9 Å². The normalized spacial score (nSPS) is 15.1. The van der Waals surface area contributed by atoms with Crippen LogP contribution in [-0.4, -0.2) is 36.2 Å². The molecule has 0 spiro atoms. The van der Waals surface area contributed by atoms with Gasteiger partial charge in [-0.1, -0.05) is 0 Å². The van der Waals surface area contributed by atoms with Crippen molar-refractivity contribution in [2.75, 3.05) is 11.9 Å². The molecule has 10 nitrogen and oxygen atoms in total. The van der Waals surface area contributed by atoms with Crippen molar-refractivity contribution < 1.29 is 26.8 Å². The first kappa shape index (κ1) is 21.6. The number of urea groups is 1. The van der Waals surface area contributed by atoms with Crippen LogP contribution in [0.5, 0.6) is 0 Å². The number of aromatic nitrogens is 1. The summed E-state index contributed by atoms with van der Waals surface area (Å²) in [6, 6.07) is 3.68. The van der Waals surface area contributed by atoms with Crippen molar-refractivity contribution in [1.82, 2.24) is 14.6 Å². The molecule has 1 aliphatic rings. The molecule has 0 radical (unpaired) electrons. The van der Waals surface area contributed by atoms with Crippen LogP contribution in [0, 0.1) is 34.3 Å². The molecule has 158 valence electrons. The van der Waals surface area contributed by atoms with Crippen LogP contribution in [-0.2, 0) is 14.8 Å². The zero-order chi connectivity index (χ0) is 22.9. The second-order valence-corrected chi connectivity index (χ2v) is 8.18. The number of fused-ring (bicyclic) bond motifs is 1. The van der Waals surface area contributed by atoms with Crippen LogP contribution < -0.4 is 10.6 Å². The van der Waals surface area contributed by atoms with Crippen LogP contribution in [0.25, 0.3) is 0 Å². The first-order valence-electron chi connectivity index (χ1n) is 8.50. The van der Waals surface area contributed by atoms with Gasteiger partial charge in [-0.05, 0) is 25.1 Å². The standard InChI is InChI=1S/C18H12F2N6O4S/c1-9(16-12(19)3-11(6-22)7-23-16)24-15(27)8-26-18(28)25-14-4-10(5-21)2-13(20)17(14)31(26,29)30/h2-4,7,9H,8H2,1H3,(H,24,27)(H,25,28)/t9-/m0/s1. The van der Waals surface area contributed by atoms with Crippen molar-refractivity contribution in [3.8, 4) is 12.1 Å². The first-order valence-corrected chi connectivity index (χ1v) is 9.94. The SMILES string of the molecule is C[C@H](NC(=O)CN1C(=O)Nc2cc(C#N)cc(F)c2S1(=O)=O)c1ncc(C#N)cc1F. The minimum Gasteiger partial charge on any atom is -0.346 e. The quantitative estimate of drug-likeness (QED) is 0.721. The topological polar surface area (TPSA) is 156 Å². The van der Waals surface area contributed by atoms with E-state index in [0.29, 0.717) is 6.07 Å². The summed E-state index contributed by atoms with van der Waals surface area (Å²) in [7, 11) is -4.75. The number of amides is 3. The van der Waals surface area contributed by atoms with E-state index in [-0.39, 0.29) is 21.1 Å². The lowest BCUT2D eigenvalue weighted by Gasteiger charge is -2.29. The largest absolute Gasteiger partial charge is 0.346 e. The summed E-state index contributed by atoms with van der Waals surface area (Å²) >= 11 is 0. The second kappa shape index (κ2) is 7.97. The van der Waals surface area contributed by atoms with Crippen molar-refractivity contribution in [3.63, 3.8) is 0 Å². The number of sulfonamides is 1. The van der Waals surface area contributed by atoms with E-state index in [4.69, 9.17) is 10.5 Å². The number of hydrogen-bond acceptors (Lipinski definition) is 7. The molecule has 13 heteroatoms. The average Bonchev–Trinajstić information content (AvgIpc) is 2.69. The number of nitrogens with one attached hydrogen (secondary N) is 2. The number of benzene rings is 1. The van der Waals surface area contributed by atoms with Gasteiger partial charge in [-0.2, -0.15) is 10.5 Å². The second-order valence-electron chi connectivity index (χ2n) is 6.38. The minimum absolute atomic E-state index is 0.0314. The number of pyridine rings is 1. The van der Waals surface area contributed by atoms with Crippen molar-refractivity contribution in [2.24, 2.45) is 0 Å². The molecule has 1 atom stereocenters. The van der Waals surface area contributed by atoms with Crippen LogP contribution in [0.15, 0.2) is 29.3 Å². The fraction of sp³-hybridized carbons (Fsp3) is 0.167. The maximum absolute atomic E-state index is 14.3. The highest BCUT2D eigenvalue weighted by Crippen LogP contribution is 2.33. The highest BCUT2D eigenvalue weighted by atomic mass is 32.2. The molecule has 2 aromatic rings. The molecule has 3 amide bonds. The van der Waals surface area contributed by atoms with Crippen molar-refractivity contribution in [1.29, 1.82) is 10.5 Å². The Hall–Kier alpha value is -4.10. The Morgan fingerprint density at radius 3 is 2.48 bits per heavy atom. The molecule has 0 unspecified atom stereocenters. The lowest BCUT2D eigenvalue weighted by Crippen LogP contribution is -2.49. The fourth-order valence-corrected chi connectivity index (χ4v) is 4.35. The Morgan fingerprint density at radius 1 is 1.23 bits per heavy atom. The Bertz CT molecular complexity index is 1300. The van der Waals surface area contributed by atoms with E-state index >= 15 is 0 Å². The van der Waals surface area contributed by atoms with Gasteiger partial charge in [-0.15, -0.1) is 0 Å². The summed E-state index contributed by atoms with van der Waals surface area (Å²) in [6.45, 7) is 0.341. The number of hydrogen-bond donors (Lipinski definition) is 2. The number of anilines is 1. The third-order valence-corrected chi connectivity index (χ3v) is 6.07. The summed E-state index contributed by atoms with van der Waals surface area (Å²) in [5, 5.41) is 22.0. The van der Waals surface area contributed by atoms with Gasteiger partial charge in [0.25, 0.3) is 10.0 Å². The monoisotopic (exact) mass is 446 g/mol. The van der Waals surface area contributed by atoms with E-state index in [2.05, 4.69) is 15.6 Å². The molecule has 0 fully saturated rings. The highest BCUT2D eigenvalue weighted by molar-refractivity contribution is 7.90. The molecular formula is C18H12F2N6O4S. The molecule has 2 heterocycles. The van der Waals surface area contributed by atoms with E-state index in [0.717, 1.165) is 18.3 Å². The summed E-state index contributed by atoms with van der Waals surface area (Å²) in [4.78, 5) is 27.4. The number of halogens is 2. The lowest BCUT2D eigenvalue weighted by molar-refractivity contribution is -0.121. The summed E-state index contributed by atoms with van der Waals surface area (Å²) in [6.07, 6.45) is 1.10.